The number of rotatable bonds is 14. The second kappa shape index (κ2) is 19.3. The van der Waals surface area contributed by atoms with Crippen LogP contribution in [-0.4, -0.2) is 114 Å². The zero-order chi connectivity index (χ0) is 43.5. The van der Waals surface area contributed by atoms with Crippen LogP contribution in [0.2, 0.25) is 10.0 Å². The van der Waals surface area contributed by atoms with E-state index in [-0.39, 0.29) is 18.9 Å². The highest BCUT2D eigenvalue weighted by atomic mass is 79.9. The van der Waals surface area contributed by atoms with Crippen molar-refractivity contribution in [3.63, 3.8) is 0 Å². The molecule has 2 atom stereocenters. The summed E-state index contributed by atoms with van der Waals surface area (Å²) in [6.07, 6.45) is 0. The number of halogens is 4. The predicted octanol–water partition coefficient (Wildman–Crippen LogP) is 8.08. The van der Waals surface area contributed by atoms with E-state index in [1.54, 1.807) is 14.2 Å². The van der Waals surface area contributed by atoms with Crippen molar-refractivity contribution in [1.29, 1.82) is 0 Å². The minimum absolute atomic E-state index is 0.0571. The number of hydrogen-bond acceptors (Lipinski definition) is 11. The van der Waals surface area contributed by atoms with Gasteiger partial charge < -0.3 is 30.7 Å². The molecule has 4 heterocycles. The van der Waals surface area contributed by atoms with Gasteiger partial charge in [0.2, 0.25) is 0 Å². The van der Waals surface area contributed by atoms with Gasteiger partial charge in [0, 0.05) is 87.0 Å². The lowest BCUT2D eigenvalue weighted by molar-refractivity contribution is -0.131. The van der Waals surface area contributed by atoms with Crippen molar-refractivity contribution in [3.8, 4) is 34.0 Å². The number of nitrogens with zero attached hydrogens (tertiary/aromatic N) is 8. The highest BCUT2D eigenvalue weighted by molar-refractivity contribution is 9.11. The first-order chi connectivity index (χ1) is 30.0. The van der Waals surface area contributed by atoms with Crippen LogP contribution < -0.4 is 30.7 Å². The Bertz CT molecular complexity index is 2340. The van der Waals surface area contributed by atoms with Crippen LogP contribution in [0.1, 0.15) is 0 Å². The molecule has 13 nitrogen and oxygen atoms in total. The van der Waals surface area contributed by atoms with Gasteiger partial charge in [-0.2, -0.15) is 10.2 Å². The molecule has 62 heavy (non-hydrogen) atoms. The van der Waals surface area contributed by atoms with E-state index >= 15 is 4.79 Å². The number of ether oxygens (including phenoxy) is 2. The molecule has 6 aromatic rings. The molecular weight excluding hydrogens is 959 g/mol. The summed E-state index contributed by atoms with van der Waals surface area (Å²) >= 11 is 20.3. The molecule has 2 fully saturated rings. The number of benzene rings is 4. The topological polar surface area (TPSA) is 136 Å². The molecule has 4 N–H and O–H groups in total. The summed E-state index contributed by atoms with van der Waals surface area (Å²) in [5, 5.41) is 10.8. The summed E-state index contributed by atoms with van der Waals surface area (Å²) in [4.78, 5) is 25.1. The Morgan fingerprint density at radius 1 is 0.613 bits per heavy atom. The average Bonchev–Trinajstić information content (AvgIpc) is 3.75. The normalized spacial score (nSPS) is 16.0. The van der Waals surface area contributed by atoms with E-state index < -0.39 is 12.1 Å². The van der Waals surface area contributed by atoms with Gasteiger partial charge in [0.05, 0.1) is 69.8 Å². The average molecular weight is 1010 g/mol. The predicted molar refractivity (Wildman–Crippen MR) is 256 cm³/mol. The maximum Gasteiger partial charge on any atom is 0.170 e. The van der Waals surface area contributed by atoms with Crippen molar-refractivity contribution in [1.82, 2.24) is 29.4 Å². The zero-order valence-corrected chi connectivity index (χ0v) is 39.1. The van der Waals surface area contributed by atoms with Crippen LogP contribution >= 0.6 is 55.1 Å². The molecule has 0 amide bonds. The van der Waals surface area contributed by atoms with E-state index in [2.05, 4.69) is 51.5 Å². The molecule has 8 rings (SSSR count). The van der Waals surface area contributed by atoms with Gasteiger partial charge >= 0.3 is 0 Å². The van der Waals surface area contributed by atoms with Crippen molar-refractivity contribution in [2.24, 2.45) is 0 Å². The van der Waals surface area contributed by atoms with Gasteiger partial charge in [-0.25, -0.2) is 0 Å². The fraction of sp³-hybridized carbons (Fsp3) is 0.311. The van der Waals surface area contributed by atoms with E-state index in [0.717, 1.165) is 33.9 Å². The second-order valence-corrected chi connectivity index (χ2v) is 17.7. The Hall–Kier alpha value is -4.77. The minimum atomic E-state index is -0.592. The van der Waals surface area contributed by atoms with Gasteiger partial charge in [0.1, 0.15) is 11.5 Å². The first-order valence-electron chi connectivity index (χ1n) is 20.4. The van der Waals surface area contributed by atoms with Crippen molar-refractivity contribution < 1.29 is 14.3 Å². The molecule has 0 spiro atoms. The number of Topliss-reactive ketones (excluding diaryl/α,β-unsaturated/α-hetero) is 1. The van der Waals surface area contributed by atoms with Gasteiger partial charge in [-0.1, -0.05) is 83.9 Å². The number of aromatic nitrogens is 4. The molecular formula is C45H48Br2Cl2N10O3. The first-order valence-corrected chi connectivity index (χ1v) is 22.7. The monoisotopic (exact) mass is 1000 g/mol. The quantitative estimate of drug-likeness (QED) is 0.110. The van der Waals surface area contributed by atoms with Gasteiger partial charge in [-0.05, 0) is 56.1 Å². The molecule has 0 bridgehead atoms. The molecule has 2 saturated heterocycles. The second-order valence-electron chi connectivity index (χ2n) is 15.3. The van der Waals surface area contributed by atoms with Crippen LogP contribution in [0, 0.1) is 0 Å². The third-order valence-corrected chi connectivity index (χ3v) is 14.0. The van der Waals surface area contributed by atoms with E-state index in [1.807, 2.05) is 106 Å². The SMILES string of the molecule is COc1cc(N2CCN(C(Cn3nc(N)c(Br)c3-c3ccccc3)C(=O)C(Cn3nc(N)c(Br)c3-c3ccccc3)N3CCN(c4ccc(Cl)c(OC)c4)CC3)CC2)ccc1Cl. The van der Waals surface area contributed by atoms with Gasteiger partial charge in [-0.3, -0.25) is 24.0 Å². The van der Waals surface area contributed by atoms with Crippen LogP contribution in [0.15, 0.2) is 106 Å². The lowest BCUT2D eigenvalue weighted by Gasteiger charge is -2.43. The number of nitrogens with two attached hydrogens (primary N) is 2. The van der Waals surface area contributed by atoms with Crippen LogP contribution in [0.3, 0.4) is 0 Å². The molecule has 2 aromatic heterocycles. The molecule has 0 aliphatic carbocycles. The standard InChI is InChI=1S/C45H48Br2Cl2N10O3/c1-61-37-25-31(13-15-33(37)48)54-17-21-56(22-18-54)35(27-58-41(39(46)44(50)52-58)29-9-5-3-6-10-29)43(60)36(28-59-42(40(47)45(51)53-59)30-11-7-4-8-12-30)57-23-19-55(20-24-57)32-14-16-34(49)38(26-32)62-2/h3-16,25-26,35-36H,17-24,27-28H2,1-2H3,(H2,50,52)(H2,51,53). The maximum absolute atomic E-state index is 15.9. The Labute approximate surface area is 388 Å². The number of piperazine rings is 2. The lowest BCUT2D eigenvalue weighted by Crippen LogP contribution is -2.61. The Morgan fingerprint density at radius 2 is 0.984 bits per heavy atom. The molecule has 324 valence electrons. The number of methoxy groups -OCH3 is 2. The highest BCUT2D eigenvalue weighted by Gasteiger charge is 2.39. The van der Waals surface area contributed by atoms with E-state index in [9.17, 15) is 0 Å². The third-order valence-electron chi connectivity index (χ3n) is 11.8. The molecule has 2 unspecified atom stereocenters. The number of anilines is 4. The number of nitrogen functional groups attached to an aromatic ring is 2. The van der Waals surface area contributed by atoms with E-state index in [1.165, 1.54) is 0 Å². The van der Waals surface area contributed by atoms with Crippen molar-refractivity contribution in [2.45, 2.75) is 25.2 Å². The lowest BCUT2D eigenvalue weighted by atomic mass is 9.99. The van der Waals surface area contributed by atoms with Crippen LogP contribution in [0.4, 0.5) is 23.0 Å². The van der Waals surface area contributed by atoms with Gasteiger partial charge in [0.15, 0.2) is 17.4 Å². The fourth-order valence-corrected chi connectivity index (χ4v) is 9.93. The Balaban J connectivity index is 1.16. The molecule has 4 aromatic carbocycles. The molecule has 2 aliphatic rings. The summed E-state index contributed by atoms with van der Waals surface area (Å²) in [5.41, 5.74) is 18.6. The number of hydrogen-bond donors (Lipinski definition) is 2. The van der Waals surface area contributed by atoms with Crippen molar-refractivity contribution >= 4 is 83.9 Å². The maximum atomic E-state index is 15.9. The van der Waals surface area contributed by atoms with Crippen LogP contribution in [-0.2, 0) is 17.9 Å². The fourth-order valence-electron chi connectivity index (χ4n) is 8.52. The minimum Gasteiger partial charge on any atom is -0.495 e. The van der Waals surface area contributed by atoms with Crippen LogP contribution in [0.5, 0.6) is 11.5 Å². The zero-order valence-electron chi connectivity index (χ0n) is 34.4. The van der Waals surface area contributed by atoms with Gasteiger partial charge in [0.25, 0.3) is 0 Å². The number of carbonyl (C=O) groups excluding carboxylic acids is 1. The van der Waals surface area contributed by atoms with Crippen molar-refractivity contribution in [3.05, 3.63) is 116 Å². The molecule has 0 radical (unpaired) electrons. The Morgan fingerprint density at radius 3 is 1.34 bits per heavy atom. The van der Waals surface area contributed by atoms with Gasteiger partial charge in [-0.15, -0.1) is 0 Å². The highest BCUT2D eigenvalue weighted by Crippen LogP contribution is 2.37. The van der Waals surface area contributed by atoms with E-state index in [4.69, 9.17) is 54.3 Å². The molecule has 17 heteroatoms. The van der Waals surface area contributed by atoms with E-state index in [0.29, 0.717) is 94.5 Å². The number of ketones is 1. The van der Waals surface area contributed by atoms with Crippen LogP contribution in [0.25, 0.3) is 22.5 Å². The first kappa shape index (κ1) is 43.9. The summed E-state index contributed by atoms with van der Waals surface area (Å²) in [5.74, 6) is 2.00. The molecule has 0 saturated carbocycles. The summed E-state index contributed by atoms with van der Waals surface area (Å²) in [6, 6.07) is 30.5. The largest absolute Gasteiger partial charge is 0.495 e. The van der Waals surface area contributed by atoms with Crippen molar-refractivity contribution in [2.75, 3.05) is 87.8 Å². The summed E-state index contributed by atoms with van der Waals surface area (Å²) in [6.45, 7) is 5.74. The number of carbonyl (C=O) groups is 1. The third kappa shape index (κ3) is 9.15. The smallest absolute Gasteiger partial charge is 0.170 e. The summed E-state index contributed by atoms with van der Waals surface area (Å²) in [7, 11) is 3.24. The molecule has 2 aliphatic heterocycles. The summed E-state index contributed by atoms with van der Waals surface area (Å²) < 4.78 is 16.2. The Kier molecular flexibility index (Phi) is 13.7.